The number of ether oxygens (including phenoxy) is 4. The summed E-state index contributed by atoms with van der Waals surface area (Å²) in [6, 6.07) is -0.825. The van der Waals surface area contributed by atoms with Crippen molar-refractivity contribution in [1.82, 2.24) is 5.32 Å². The van der Waals surface area contributed by atoms with Gasteiger partial charge in [0.2, 0.25) is 5.91 Å². The third-order valence-corrected chi connectivity index (χ3v) is 20.6. The van der Waals surface area contributed by atoms with Crippen LogP contribution in [-0.4, -0.2) is 140 Å². The first kappa shape index (κ1) is 88.1. The Hall–Kier alpha value is -1.01. The highest BCUT2D eigenvalue weighted by Gasteiger charge is 2.51. The summed E-state index contributed by atoms with van der Waals surface area (Å²) in [5.74, 6) is -0.195. The Morgan fingerprint density at radius 1 is 0.344 bits per heavy atom. The van der Waals surface area contributed by atoms with E-state index >= 15 is 0 Å². The Kier molecular flexibility index (Phi) is 61.0. The zero-order chi connectivity index (χ0) is 67.3. The molecule has 2 aliphatic heterocycles. The minimum atomic E-state index is -1.78. The highest BCUT2D eigenvalue weighted by atomic mass is 16.7. The van der Waals surface area contributed by atoms with Crippen LogP contribution in [0.5, 0.6) is 0 Å². The lowest BCUT2D eigenvalue weighted by atomic mass is 9.97. The van der Waals surface area contributed by atoms with Gasteiger partial charge in [0, 0.05) is 6.42 Å². The lowest BCUT2D eigenvalue weighted by Crippen LogP contribution is -2.65. The first-order valence-electron chi connectivity index (χ1n) is 40.8. The van der Waals surface area contributed by atoms with Crippen molar-refractivity contribution in [1.29, 1.82) is 0 Å². The third kappa shape index (κ3) is 47.6. The zero-order valence-electron chi connectivity index (χ0n) is 60.8. The molecule has 554 valence electrons. The van der Waals surface area contributed by atoms with Gasteiger partial charge in [0.1, 0.15) is 48.8 Å². The van der Waals surface area contributed by atoms with Crippen LogP contribution in [0.25, 0.3) is 0 Å². The van der Waals surface area contributed by atoms with Gasteiger partial charge in [-0.25, -0.2) is 0 Å². The molecule has 2 rings (SSSR count). The minimum absolute atomic E-state index is 0.195. The normalized spacial score (nSPS) is 22.4. The zero-order valence-corrected chi connectivity index (χ0v) is 60.8. The number of nitrogens with one attached hydrogen (secondary N) is 1. The molecule has 2 fully saturated rings. The summed E-state index contributed by atoms with van der Waals surface area (Å²) in [5.41, 5.74) is 0. The van der Waals surface area contributed by atoms with Gasteiger partial charge in [0.05, 0.1) is 32.0 Å². The summed E-state index contributed by atoms with van der Waals surface area (Å²) in [5, 5.41) is 87.8. The van der Waals surface area contributed by atoms with Crippen LogP contribution >= 0.6 is 0 Å². The molecule has 0 aromatic rings. The lowest BCUT2D eigenvalue weighted by Gasteiger charge is -2.46. The molecule has 0 bridgehead atoms. The topological polar surface area (TPSA) is 228 Å². The molecule has 12 atom stereocenters. The molecule has 0 aliphatic carbocycles. The van der Waals surface area contributed by atoms with Crippen LogP contribution in [0.4, 0.5) is 0 Å². The molecule has 12 unspecified atom stereocenters. The van der Waals surface area contributed by atoms with Gasteiger partial charge in [0.25, 0.3) is 0 Å². The molecule has 2 heterocycles. The highest BCUT2D eigenvalue weighted by molar-refractivity contribution is 5.76. The fourth-order valence-electron chi connectivity index (χ4n) is 14.1. The Balaban J connectivity index is 1.57. The Labute approximate surface area is 572 Å². The van der Waals surface area contributed by atoms with Crippen molar-refractivity contribution in [3.63, 3.8) is 0 Å². The van der Waals surface area contributed by atoms with E-state index in [4.69, 9.17) is 18.9 Å². The maximum atomic E-state index is 13.4. The first-order valence-corrected chi connectivity index (χ1v) is 40.8. The lowest BCUT2D eigenvalue weighted by molar-refractivity contribution is -0.359. The number of carbonyl (C=O) groups excluding carboxylic acids is 1. The van der Waals surface area contributed by atoms with Gasteiger partial charge < -0.3 is 65.1 Å². The molecule has 2 aliphatic rings. The Morgan fingerprint density at radius 3 is 0.914 bits per heavy atom. The molecular formula is C79H155NO13. The summed E-state index contributed by atoms with van der Waals surface area (Å²) in [7, 11) is 0. The van der Waals surface area contributed by atoms with E-state index < -0.39 is 86.8 Å². The summed E-state index contributed by atoms with van der Waals surface area (Å²) < 4.78 is 23.0. The van der Waals surface area contributed by atoms with Crippen molar-refractivity contribution in [3.8, 4) is 0 Å². The molecule has 0 aromatic carbocycles. The molecule has 93 heavy (non-hydrogen) atoms. The van der Waals surface area contributed by atoms with Gasteiger partial charge in [-0.3, -0.25) is 4.79 Å². The molecule has 0 aromatic heterocycles. The van der Waals surface area contributed by atoms with Gasteiger partial charge in [-0.15, -0.1) is 0 Å². The highest BCUT2D eigenvalue weighted by Crippen LogP contribution is 2.31. The average molecular weight is 1330 g/mol. The van der Waals surface area contributed by atoms with Crippen LogP contribution in [0.1, 0.15) is 406 Å². The fourth-order valence-corrected chi connectivity index (χ4v) is 14.1. The molecule has 14 nitrogen and oxygen atoms in total. The number of aliphatic hydroxyl groups is 8. The van der Waals surface area contributed by atoms with Crippen LogP contribution in [-0.2, 0) is 23.7 Å². The molecule has 9 N–H and O–H groups in total. The number of aliphatic hydroxyl groups excluding tert-OH is 8. The second kappa shape index (κ2) is 64.4. The second-order valence-corrected chi connectivity index (χ2v) is 29.3. The summed E-state index contributed by atoms with van der Waals surface area (Å²) in [6.07, 6.45) is 63.0. The van der Waals surface area contributed by atoms with Crippen molar-refractivity contribution in [2.75, 3.05) is 19.8 Å². The molecule has 1 amide bonds. The molecule has 0 radical (unpaired) electrons. The van der Waals surface area contributed by atoms with Gasteiger partial charge >= 0.3 is 0 Å². The number of hydrogen-bond donors (Lipinski definition) is 9. The second-order valence-electron chi connectivity index (χ2n) is 29.3. The van der Waals surface area contributed by atoms with Crippen LogP contribution < -0.4 is 5.32 Å². The third-order valence-electron chi connectivity index (χ3n) is 20.6. The SMILES string of the molecule is CCCCCCCCCCCCCCCCCCCCCCCCCCCCCCCCCCCCCCC(=O)NC(COC1OC(CO)C(OC2OC(CO)C(O)C(O)C2O)C(O)C1O)C(O)CCCCCCCCCCCCCCCCCCCCCCCCC. The van der Waals surface area contributed by atoms with E-state index in [9.17, 15) is 45.6 Å². The van der Waals surface area contributed by atoms with Crippen LogP contribution in [0.15, 0.2) is 0 Å². The number of rotatable bonds is 70. The first-order chi connectivity index (χ1) is 45.6. The van der Waals surface area contributed by atoms with E-state index in [0.29, 0.717) is 12.8 Å². The maximum Gasteiger partial charge on any atom is 0.220 e. The predicted octanol–water partition coefficient (Wildman–Crippen LogP) is 18.3. The summed E-state index contributed by atoms with van der Waals surface area (Å²) >= 11 is 0. The van der Waals surface area contributed by atoms with Gasteiger partial charge in [-0.05, 0) is 12.8 Å². The Bertz CT molecular complexity index is 1560. The standard InChI is InChI=1S/C79H155NO13/c1-3-5-7-9-11-13-15-17-19-21-23-25-27-28-29-30-31-32-33-34-35-36-37-38-39-41-43-45-47-49-51-53-55-57-59-61-63-71(84)80-67(66-90-78-76(89)74(87)77(70(65-82)92-78)93-79-75(88)73(86)72(85)69(64-81)91-79)68(83)62-60-58-56-54-52-50-48-46-44-42-40-26-24-22-20-18-16-14-12-10-8-6-4-2/h67-70,72-79,81-83,85-89H,3-66H2,1-2H3,(H,80,84). The van der Waals surface area contributed by atoms with Crippen molar-refractivity contribution in [2.45, 2.75) is 479 Å². The number of hydrogen-bond acceptors (Lipinski definition) is 13. The van der Waals surface area contributed by atoms with E-state index in [2.05, 4.69) is 19.2 Å². The van der Waals surface area contributed by atoms with Crippen molar-refractivity contribution in [3.05, 3.63) is 0 Å². The van der Waals surface area contributed by atoms with E-state index in [1.165, 1.54) is 327 Å². The molecule has 2 saturated heterocycles. The van der Waals surface area contributed by atoms with Gasteiger partial charge in [0.15, 0.2) is 12.6 Å². The van der Waals surface area contributed by atoms with Crippen LogP contribution in [0.3, 0.4) is 0 Å². The number of carbonyl (C=O) groups is 1. The Morgan fingerprint density at radius 2 is 0.613 bits per heavy atom. The van der Waals surface area contributed by atoms with E-state index in [1.807, 2.05) is 0 Å². The minimum Gasteiger partial charge on any atom is -0.394 e. The number of amides is 1. The quantitative estimate of drug-likeness (QED) is 0.0259. The molecule has 0 spiro atoms. The monoisotopic (exact) mass is 1330 g/mol. The predicted molar refractivity (Wildman–Crippen MR) is 383 cm³/mol. The number of unbranched alkanes of at least 4 members (excludes halogenated alkanes) is 57. The summed E-state index contributed by atoms with van der Waals surface area (Å²) in [4.78, 5) is 13.4. The van der Waals surface area contributed by atoms with E-state index in [0.717, 1.165) is 51.4 Å². The van der Waals surface area contributed by atoms with Crippen molar-refractivity contribution >= 4 is 5.91 Å². The van der Waals surface area contributed by atoms with Crippen molar-refractivity contribution < 1.29 is 64.6 Å². The molecule has 14 heteroatoms. The van der Waals surface area contributed by atoms with Gasteiger partial charge in [-0.2, -0.15) is 0 Å². The maximum absolute atomic E-state index is 13.4. The smallest absolute Gasteiger partial charge is 0.220 e. The van der Waals surface area contributed by atoms with Crippen LogP contribution in [0.2, 0.25) is 0 Å². The average Bonchev–Trinajstić information content (AvgIpc) is 0.834. The largest absolute Gasteiger partial charge is 0.394 e. The van der Waals surface area contributed by atoms with Crippen LogP contribution in [0, 0.1) is 0 Å². The molecular weight excluding hydrogens is 1170 g/mol. The van der Waals surface area contributed by atoms with E-state index in [1.54, 1.807) is 0 Å². The molecule has 0 saturated carbocycles. The summed E-state index contributed by atoms with van der Waals surface area (Å²) in [6.45, 7) is 2.95. The van der Waals surface area contributed by atoms with Gasteiger partial charge in [-0.1, -0.05) is 386 Å². The van der Waals surface area contributed by atoms with E-state index in [-0.39, 0.29) is 12.5 Å². The fraction of sp³-hybridized carbons (Fsp3) is 0.987. The van der Waals surface area contributed by atoms with Crippen molar-refractivity contribution in [2.24, 2.45) is 0 Å².